The first-order valence-electron chi connectivity index (χ1n) is 8.25. The van der Waals surface area contributed by atoms with Crippen LogP contribution in [0, 0.1) is 0 Å². The number of hydrogen-bond donors (Lipinski definition) is 1. The van der Waals surface area contributed by atoms with Crippen molar-refractivity contribution in [2.75, 3.05) is 31.8 Å². The van der Waals surface area contributed by atoms with Crippen LogP contribution in [0.1, 0.15) is 23.7 Å². The van der Waals surface area contributed by atoms with E-state index in [1.165, 1.54) is 0 Å². The van der Waals surface area contributed by atoms with Crippen LogP contribution in [0.5, 0.6) is 5.75 Å². The fourth-order valence-corrected chi connectivity index (χ4v) is 4.45. The van der Waals surface area contributed by atoms with Crippen molar-refractivity contribution in [2.45, 2.75) is 18.9 Å². The number of thioether (sulfide) groups is 1. The number of hydrogen-bond acceptors (Lipinski definition) is 4. The summed E-state index contributed by atoms with van der Waals surface area (Å²) < 4.78 is 11.4. The Hall–Kier alpha value is -1.72. The average Bonchev–Trinajstić information content (AvgIpc) is 3.09. The van der Waals surface area contributed by atoms with Crippen molar-refractivity contribution in [1.29, 1.82) is 0 Å². The van der Waals surface area contributed by atoms with Crippen LogP contribution in [0.4, 0.5) is 0 Å². The molecular weight excluding hydrogens is 322 g/mol. The summed E-state index contributed by atoms with van der Waals surface area (Å²) in [5.41, 5.74) is 0.350. The molecule has 4 nitrogen and oxygen atoms in total. The molecule has 5 heteroatoms. The van der Waals surface area contributed by atoms with E-state index in [-0.39, 0.29) is 11.5 Å². The Morgan fingerprint density at radius 1 is 1.29 bits per heavy atom. The minimum atomic E-state index is -0.253. The van der Waals surface area contributed by atoms with Crippen LogP contribution in [0.25, 0.3) is 10.8 Å². The van der Waals surface area contributed by atoms with Crippen molar-refractivity contribution >= 4 is 28.4 Å². The number of nitrogens with one attached hydrogen (secondary N) is 1. The maximum Gasteiger partial charge on any atom is 0.255 e. The molecule has 1 aliphatic heterocycles. The van der Waals surface area contributed by atoms with Crippen molar-refractivity contribution in [3.8, 4) is 5.75 Å². The lowest BCUT2D eigenvalue weighted by molar-refractivity contribution is 0.0137. The highest BCUT2D eigenvalue weighted by Gasteiger charge is 2.35. The molecule has 128 valence electrons. The fourth-order valence-electron chi connectivity index (χ4n) is 3.05. The van der Waals surface area contributed by atoms with Crippen LogP contribution in [-0.4, -0.2) is 43.3 Å². The van der Waals surface area contributed by atoms with Gasteiger partial charge in [0, 0.05) is 19.4 Å². The molecule has 1 N–H and O–H groups in total. The number of rotatable bonds is 6. The van der Waals surface area contributed by atoms with Crippen molar-refractivity contribution in [3.05, 3.63) is 42.0 Å². The number of carbonyl (C=O) groups excluding carboxylic acids is 1. The Bertz CT molecular complexity index is 726. The first-order chi connectivity index (χ1) is 11.7. The predicted octanol–water partition coefficient (Wildman–Crippen LogP) is 3.49. The Labute approximate surface area is 146 Å². The molecule has 1 unspecified atom stereocenters. The van der Waals surface area contributed by atoms with Gasteiger partial charge in [-0.05, 0) is 35.9 Å². The Morgan fingerprint density at radius 2 is 2.12 bits per heavy atom. The number of amides is 1. The van der Waals surface area contributed by atoms with Gasteiger partial charge in [-0.25, -0.2) is 0 Å². The number of carbonyl (C=O) groups is 1. The summed E-state index contributed by atoms with van der Waals surface area (Å²) in [5, 5.41) is 5.01. The highest BCUT2D eigenvalue weighted by Crippen LogP contribution is 2.31. The standard InChI is InChI=1S/C19H23NO3S/c1-3-23-16-9-8-14-6-4-5-7-15(14)17(16)18(21)20-12-19(22-2)10-11-24-13-19/h4-9H,3,10-13H2,1-2H3,(H,20,21). The smallest absolute Gasteiger partial charge is 0.255 e. The molecule has 0 radical (unpaired) electrons. The SMILES string of the molecule is CCOc1ccc2ccccc2c1C(=O)NCC1(OC)CCSC1. The monoisotopic (exact) mass is 345 g/mol. The third-order valence-corrected chi connectivity index (χ3v) is 5.71. The van der Waals surface area contributed by atoms with E-state index >= 15 is 0 Å². The Balaban J connectivity index is 1.89. The molecular formula is C19H23NO3S. The molecule has 0 saturated carbocycles. The van der Waals surface area contributed by atoms with Gasteiger partial charge >= 0.3 is 0 Å². The molecule has 2 aromatic rings. The van der Waals surface area contributed by atoms with Gasteiger partial charge in [0.05, 0.1) is 17.8 Å². The van der Waals surface area contributed by atoms with E-state index in [1.807, 2.05) is 55.1 Å². The summed E-state index contributed by atoms with van der Waals surface area (Å²) in [6.07, 6.45) is 0.961. The largest absolute Gasteiger partial charge is 0.493 e. The minimum absolute atomic E-state index is 0.108. The van der Waals surface area contributed by atoms with Gasteiger partial charge in [0.25, 0.3) is 5.91 Å². The highest BCUT2D eigenvalue weighted by molar-refractivity contribution is 7.99. The number of methoxy groups -OCH3 is 1. The maximum absolute atomic E-state index is 12.9. The average molecular weight is 345 g/mol. The highest BCUT2D eigenvalue weighted by atomic mass is 32.2. The van der Waals surface area contributed by atoms with Crippen molar-refractivity contribution in [3.63, 3.8) is 0 Å². The van der Waals surface area contributed by atoms with Crippen LogP contribution in [0.3, 0.4) is 0 Å². The van der Waals surface area contributed by atoms with E-state index in [2.05, 4.69) is 5.32 Å². The molecule has 0 bridgehead atoms. The summed E-state index contributed by atoms with van der Waals surface area (Å²) in [4.78, 5) is 12.9. The van der Waals surface area contributed by atoms with Crippen LogP contribution in [0.15, 0.2) is 36.4 Å². The lowest BCUT2D eigenvalue weighted by Crippen LogP contribution is -2.44. The molecule has 1 fully saturated rings. The van der Waals surface area contributed by atoms with Gasteiger partial charge in [0.15, 0.2) is 0 Å². The van der Waals surface area contributed by atoms with Gasteiger partial charge in [-0.15, -0.1) is 0 Å². The lowest BCUT2D eigenvalue weighted by Gasteiger charge is -2.27. The van der Waals surface area contributed by atoms with E-state index in [1.54, 1.807) is 7.11 Å². The second-order valence-electron chi connectivity index (χ2n) is 5.97. The van der Waals surface area contributed by atoms with Gasteiger partial charge in [0.1, 0.15) is 5.75 Å². The van der Waals surface area contributed by atoms with Gasteiger partial charge < -0.3 is 14.8 Å². The number of ether oxygens (including phenoxy) is 2. The van der Waals surface area contributed by atoms with Crippen LogP contribution in [-0.2, 0) is 4.74 Å². The van der Waals surface area contributed by atoms with E-state index in [0.717, 1.165) is 28.7 Å². The van der Waals surface area contributed by atoms with Crippen LogP contribution in [0.2, 0.25) is 0 Å². The third kappa shape index (κ3) is 3.37. The van der Waals surface area contributed by atoms with Gasteiger partial charge in [-0.2, -0.15) is 11.8 Å². The van der Waals surface area contributed by atoms with E-state index in [0.29, 0.717) is 24.5 Å². The van der Waals surface area contributed by atoms with Crippen molar-refractivity contribution < 1.29 is 14.3 Å². The second-order valence-corrected chi connectivity index (χ2v) is 7.07. The first-order valence-corrected chi connectivity index (χ1v) is 9.40. The second kappa shape index (κ2) is 7.45. The zero-order chi connectivity index (χ0) is 17.0. The summed E-state index contributed by atoms with van der Waals surface area (Å²) in [7, 11) is 1.72. The number of benzene rings is 2. The molecule has 1 heterocycles. The summed E-state index contributed by atoms with van der Waals surface area (Å²) in [6, 6.07) is 11.7. The molecule has 2 aromatic carbocycles. The predicted molar refractivity (Wildman–Crippen MR) is 99.1 cm³/mol. The minimum Gasteiger partial charge on any atom is -0.493 e. The molecule has 1 amide bonds. The zero-order valence-corrected chi connectivity index (χ0v) is 14.9. The summed E-state index contributed by atoms with van der Waals surface area (Å²) in [5.74, 6) is 2.50. The molecule has 1 aliphatic rings. The fraction of sp³-hybridized carbons (Fsp3) is 0.421. The molecule has 0 aliphatic carbocycles. The Morgan fingerprint density at radius 3 is 2.83 bits per heavy atom. The van der Waals surface area contributed by atoms with Gasteiger partial charge in [-0.1, -0.05) is 30.3 Å². The zero-order valence-electron chi connectivity index (χ0n) is 14.1. The van der Waals surface area contributed by atoms with E-state index in [9.17, 15) is 4.79 Å². The van der Waals surface area contributed by atoms with Gasteiger partial charge in [0.2, 0.25) is 0 Å². The van der Waals surface area contributed by atoms with E-state index < -0.39 is 0 Å². The van der Waals surface area contributed by atoms with Gasteiger partial charge in [-0.3, -0.25) is 4.79 Å². The molecule has 0 spiro atoms. The van der Waals surface area contributed by atoms with Crippen LogP contribution >= 0.6 is 11.8 Å². The topological polar surface area (TPSA) is 47.6 Å². The summed E-state index contributed by atoms with van der Waals surface area (Å²) >= 11 is 1.87. The van der Waals surface area contributed by atoms with E-state index in [4.69, 9.17) is 9.47 Å². The van der Waals surface area contributed by atoms with Crippen molar-refractivity contribution in [2.24, 2.45) is 0 Å². The third-order valence-electron chi connectivity index (χ3n) is 4.49. The molecule has 24 heavy (non-hydrogen) atoms. The molecule has 0 aromatic heterocycles. The Kier molecular flexibility index (Phi) is 5.31. The summed E-state index contributed by atoms with van der Waals surface area (Å²) in [6.45, 7) is 2.97. The molecule has 1 atom stereocenters. The first kappa shape index (κ1) is 17.1. The molecule has 3 rings (SSSR count). The van der Waals surface area contributed by atoms with Crippen molar-refractivity contribution in [1.82, 2.24) is 5.32 Å². The van der Waals surface area contributed by atoms with Crippen LogP contribution < -0.4 is 10.1 Å². The number of fused-ring (bicyclic) bond motifs is 1. The lowest BCUT2D eigenvalue weighted by atomic mass is 10.0. The molecule has 1 saturated heterocycles. The quantitative estimate of drug-likeness (QED) is 0.871. The maximum atomic E-state index is 12.9. The normalized spacial score (nSPS) is 20.2.